The highest BCUT2D eigenvalue weighted by Gasteiger charge is 2.20. The van der Waals surface area contributed by atoms with Gasteiger partial charge >= 0.3 is 0 Å². The molecule has 0 unspecified atom stereocenters. The monoisotopic (exact) mass is 653 g/mol. The van der Waals surface area contributed by atoms with E-state index in [-0.39, 0.29) is 0 Å². The molecule has 51 heavy (non-hydrogen) atoms. The summed E-state index contributed by atoms with van der Waals surface area (Å²) in [6.45, 7) is 0. The first-order valence-electron chi connectivity index (χ1n) is 17.4. The van der Waals surface area contributed by atoms with Gasteiger partial charge in [0.05, 0.1) is 0 Å². The van der Waals surface area contributed by atoms with Gasteiger partial charge in [0, 0.05) is 27.5 Å². The van der Waals surface area contributed by atoms with Crippen LogP contribution in [0.25, 0.3) is 95.2 Å². The molecule has 240 valence electrons. The summed E-state index contributed by atoms with van der Waals surface area (Å²) in [7, 11) is 0. The number of fused-ring (bicyclic) bond motifs is 5. The lowest BCUT2D eigenvalue weighted by atomic mass is 9.95. The van der Waals surface area contributed by atoms with Crippen molar-refractivity contribution in [1.29, 1.82) is 0 Å². The van der Waals surface area contributed by atoms with Gasteiger partial charge in [0.25, 0.3) is 0 Å². The summed E-state index contributed by atoms with van der Waals surface area (Å²) < 4.78 is 6.48. The van der Waals surface area contributed by atoms with Gasteiger partial charge in [-0.05, 0) is 75.2 Å². The van der Waals surface area contributed by atoms with E-state index >= 15 is 0 Å². The van der Waals surface area contributed by atoms with Crippen molar-refractivity contribution >= 4 is 38.8 Å². The molecule has 0 amide bonds. The fourth-order valence-corrected chi connectivity index (χ4v) is 7.51. The zero-order chi connectivity index (χ0) is 33.7. The Labute approximate surface area is 295 Å². The SMILES string of the molecule is C1=Cc2cc(-c3nc(-c4ccc(-c5cccc6ccccc56)cc4)nc(-c4cccc5oc6cccc(-c7ccccc7)c6c45)n3)ccc2CC1. The summed E-state index contributed by atoms with van der Waals surface area (Å²) in [5.41, 5.74) is 11.6. The number of hydrogen-bond donors (Lipinski definition) is 0. The molecule has 0 spiro atoms. The van der Waals surface area contributed by atoms with Crippen LogP contribution >= 0.6 is 0 Å². The van der Waals surface area contributed by atoms with Gasteiger partial charge in [-0.25, -0.2) is 15.0 Å². The van der Waals surface area contributed by atoms with Crippen molar-refractivity contribution in [2.24, 2.45) is 0 Å². The second-order valence-electron chi connectivity index (χ2n) is 13.1. The number of hydrogen-bond acceptors (Lipinski definition) is 4. The second-order valence-corrected chi connectivity index (χ2v) is 13.1. The van der Waals surface area contributed by atoms with Gasteiger partial charge in [-0.15, -0.1) is 0 Å². The van der Waals surface area contributed by atoms with Crippen LogP contribution in [0.4, 0.5) is 0 Å². The first kappa shape index (κ1) is 29.3. The number of nitrogens with zero attached hydrogens (tertiary/aromatic N) is 3. The fraction of sp³-hybridized carbons (Fsp3) is 0.0426. The second kappa shape index (κ2) is 12.0. The van der Waals surface area contributed by atoms with Gasteiger partial charge in [0.1, 0.15) is 11.2 Å². The van der Waals surface area contributed by atoms with Gasteiger partial charge in [-0.1, -0.05) is 146 Å². The number of allylic oxidation sites excluding steroid dienone is 1. The Balaban J connectivity index is 1.17. The molecule has 1 aliphatic rings. The molecule has 10 rings (SSSR count). The molecule has 0 fully saturated rings. The van der Waals surface area contributed by atoms with Crippen LogP contribution in [0.5, 0.6) is 0 Å². The molecular formula is C47H31N3O. The maximum Gasteiger partial charge on any atom is 0.164 e. The minimum atomic E-state index is 0.609. The standard InChI is InChI=1S/C47H31N3O/c1-2-12-32(13-3-1)39-19-9-21-41-43(39)44-40(20-10-22-42(44)51-41)47-49-45(48-46(50-47)36-28-23-30-11-4-5-15-35(30)29-36)34-26-24-33(25-27-34)38-18-8-16-31-14-6-7-17-37(31)38/h1-3,5-10,12-29H,4,11H2. The van der Waals surface area contributed by atoms with Crippen LogP contribution in [0.3, 0.4) is 0 Å². The molecule has 7 aromatic carbocycles. The summed E-state index contributed by atoms with van der Waals surface area (Å²) in [6, 6.07) is 53.0. The van der Waals surface area contributed by atoms with Crippen molar-refractivity contribution < 1.29 is 4.42 Å². The highest BCUT2D eigenvalue weighted by Crippen LogP contribution is 2.41. The van der Waals surface area contributed by atoms with Crippen molar-refractivity contribution in [3.63, 3.8) is 0 Å². The number of aryl methyl sites for hydroxylation is 1. The molecule has 1 aliphatic carbocycles. The van der Waals surface area contributed by atoms with E-state index in [1.54, 1.807) is 0 Å². The lowest BCUT2D eigenvalue weighted by molar-refractivity contribution is 0.669. The van der Waals surface area contributed by atoms with Crippen LogP contribution < -0.4 is 0 Å². The molecular weight excluding hydrogens is 623 g/mol. The predicted molar refractivity (Wildman–Crippen MR) is 209 cm³/mol. The van der Waals surface area contributed by atoms with Crippen molar-refractivity contribution in [2.45, 2.75) is 12.8 Å². The number of rotatable bonds is 5. The average Bonchev–Trinajstić information content (AvgIpc) is 3.60. The Morgan fingerprint density at radius 3 is 1.90 bits per heavy atom. The van der Waals surface area contributed by atoms with Crippen LogP contribution in [-0.4, -0.2) is 15.0 Å². The Bertz CT molecular complexity index is 2790. The Hall–Kier alpha value is -6.65. The highest BCUT2D eigenvalue weighted by molar-refractivity contribution is 6.17. The van der Waals surface area contributed by atoms with E-state index in [0.717, 1.165) is 68.2 Å². The average molecular weight is 654 g/mol. The molecule has 2 heterocycles. The minimum Gasteiger partial charge on any atom is -0.456 e. The summed E-state index contributed by atoms with van der Waals surface area (Å²) in [4.78, 5) is 15.5. The van der Waals surface area contributed by atoms with E-state index in [1.807, 2.05) is 24.3 Å². The summed E-state index contributed by atoms with van der Waals surface area (Å²) in [6.07, 6.45) is 6.56. The molecule has 9 aromatic rings. The topological polar surface area (TPSA) is 51.8 Å². The van der Waals surface area contributed by atoms with Gasteiger partial charge in [0.2, 0.25) is 0 Å². The molecule has 0 N–H and O–H groups in total. The summed E-state index contributed by atoms with van der Waals surface area (Å²) >= 11 is 0. The third kappa shape index (κ3) is 5.12. The van der Waals surface area contributed by atoms with Gasteiger partial charge in [-0.2, -0.15) is 0 Å². The highest BCUT2D eigenvalue weighted by atomic mass is 16.3. The van der Waals surface area contributed by atoms with Crippen LogP contribution in [0.1, 0.15) is 17.5 Å². The maximum absolute atomic E-state index is 6.48. The van der Waals surface area contributed by atoms with Crippen LogP contribution in [-0.2, 0) is 6.42 Å². The van der Waals surface area contributed by atoms with Crippen LogP contribution in [0.2, 0.25) is 0 Å². The zero-order valence-electron chi connectivity index (χ0n) is 27.8. The minimum absolute atomic E-state index is 0.609. The largest absolute Gasteiger partial charge is 0.456 e. The Kier molecular flexibility index (Phi) is 6.91. The molecule has 0 aliphatic heterocycles. The van der Waals surface area contributed by atoms with Gasteiger partial charge in [-0.3, -0.25) is 0 Å². The Morgan fingerprint density at radius 2 is 1.06 bits per heavy atom. The van der Waals surface area contributed by atoms with E-state index < -0.39 is 0 Å². The number of aromatic nitrogens is 3. The molecule has 2 aromatic heterocycles. The van der Waals surface area contributed by atoms with Crippen molar-refractivity contribution in [3.05, 3.63) is 169 Å². The molecule has 4 nitrogen and oxygen atoms in total. The molecule has 4 heteroatoms. The van der Waals surface area contributed by atoms with Crippen molar-refractivity contribution in [3.8, 4) is 56.4 Å². The van der Waals surface area contributed by atoms with Crippen LogP contribution in [0.15, 0.2) is 162 Å². The predicted octanol–water partition coefficient (Wildman–Crippen LogP) is 12.2. The van der Waals surface area contributed by atoms with Crippen molar-refractivity contribution in [2.75, 3.05) is 0 Å². The van der Waals surface area contributed by atoms with E-state index in [0.29, 0.717) is 17.5 Å². The molecule has 0 saturated heterocycles. The first-order valence-corrected chi connectivity index (χ1v) is 17.4. The van der Waals surface area contributed by atoms with E-state index in [2.05, 4.69) is 140 Å². The lowest BCUT2D eigenvalue weighted by Gasteiger charge is -2.13. The summed E-state index contributed by atoms with van der Waals surface area (Å²) in [5, 5.41) is 4.50. The summed E-state index contributed by atoms with van der Waals surface area (Å²) in [5.74, 6) is 1.88. The molecule has 0 saturated carbocycles. The first-order chi connectivity index (χ1) is 25.3. The van der Waals surface area contributed by atoms with Crippen molar-refractivity contribution in [1.82, 2.24) is 15.0 Å². The zero-order valence-corrected chi connectivity index (χ0v) is 27.8. The van der Waals surface area contributed by atoms with E-state index in [1.165, 1.54) is 27.5 Å². The lowest BCUT2D eigenvalue weighted by Crippen LogP contribution is -2.01. The molecule has 0 atom stereocenters. The third-order valence-electron chi connectivity index (χ3n) is 10.0. The Morgan fingerprint density at radius 1 is 0.451 bits per heavy atom. The normalized spacial score (nSPS) is 12.5. The number of benzene rings is 7. The fourth-order valence-electron chi connectivity index (χ4n) is 7.51. The van der Waals surface area contributed by atoms with Gasteiger partial charge < -0.3 is 4.42 Å². The maximum atomic E-state index is 6.48. The number of furan rings is 1. The smallest absolute Gasteiger partial charge is 0.164 e. The van der Waals surface area contributed by atoms with Gasteiger partial charge in [0.15, 0.2) is 17.5 Å². The van der Waals surface area contributed by atoms with E-state index in [9.17, 15) is 0 Å². The molecule has 0 bridgehead atoms. The van der Waals surface area contributed by atoms with E-state index in [4.69, 9.17) is 19.4 Å². The molecule has 0 radical (unpaired) electrons. The van der Waals surface area contributed by atoms with Crippen LogP contribution in [0, 0.1) is 0 Å². The third-order valence-corrected chi connectivity index (χ3v) is 10.0. The quantitative estimate of drug-likeness (QED) is 0.185.